The van der Waals surface area contributed by atoms with Crippen LogP contribution in [0.4, 0.5) is 11.4 Å². The van der Waals surface area contributed by atoms with Gasteiger partial charge in [-0.15, -0.1) is 0 Å². The van der Waals surface area contributed by atoms with E-state index < -0.39 is 10.9 Å². The number of nitrogens with zero attached hydrogens (tertiary/aromatic N) is 4. The van der Waals surface area contributed by atoms with Gasteiger partial charge in [-0.1, -0.05) is 22.9 Å². The molecule has 0 radical (unpaired) electrons. The number of carbonyl (C=O) groups excluding carboxylic acids is 1. The fourth-order valence-corrected chi connectivity index (χ4v) is 4.06. The third-order valence-corrected chi connectivity index (χ3v) is 6.15. The lowest BCUT2D eigenvalue weighted by atomic mass is 10.1. The van der Waals surface area contributed by atoms with Crippen molar-refractivity contribution in [3.8, 4) is 17.0 Å². The highest BCUT2D eigenvalue weighted by atomic mass is 79.9. The van der Waals surface area contributed by atoms with E-state index in [0.717, 1.165) is 12.8 Å². The van der Waals surface area contributed by atoms with Gasteiger partial charge in [-0.2, -0.15) is 5.10 Å². The van der Waals surface area contributed by atoms with Crippen molar-refractivity contribution < 1.29 is 19.2 Å². The first-order valence-electron chi connectivity index (χ1n) is 11.2. The minimum absolute atomic E-state index is 0.0195. The number of nitro groups is 1. The molecule has 36 heavy (non-hydrogen) atoms. The molecule has 192 valence electrons. The van der Waals surface area contributed by atoms with Gasteiger partial charge < -0.3 is 19.4 Å². The van der Waals surface area contributed by atoms with Crippen LogP contribution in [0.2, 0.25) is 0 Å². The van der Waals surface area contributed by atoms with Crippen LogP contribution < -0.4 is 15.6 Å². The van der Waals surface area contributed by atoms with E-state index in [-0.39, 0.29) is 28.3 Å². The Morgan fingerprint density at radius 1 is 1.28 bits per heavy atom. The highest BCUT2D eigenvalue weighted by molar-refractivity contribution is 9.10. The SMILES string of the molecule is COC(=O)c1cc(-c2cnn(C)c2OCCC[C@@H](C)CNc2ccc(Br)cc2[N+](=O)[O-])c(=O)n(C)c1. The molecule has 0 saturated carbocycles. The number of methoxy groups -OCH3 is 1. The van der Waals surface area contributed by atoms with Gasteiger partial charge in [0.15, 0.2) is 0 Å². The summed E-state index contributed by atoms with van der Waals surface area (Å²) in [5.41, 5.74) is 1.23. The third-order valence-electron chi connectivity index (χ3n) is 5.66. The van der Waals surface area contributed by atoms with E-state index in [4.69, 9.17) is 9.47 Å². The number of ether oxygens (including phenoxy) is 2. The molecule has 1 N–H and O–H groups in total. The minimum Gasteiger partial charge on any atom is -0.477 e. The number of hydrogen-bond donors (Lipinski definition) is 1. The van der Waals surface area contributed by atoms with Gasteiger partial charge in [0.25, 0.3) is 11.2 Å². The maximum atomic E-state index is 12.8. The molecule has 12 heteroatoms. The number of nitro benzene ring substituents is 1. The zero-order valence-corrected chi connectivity index (χ0v) is 22.1. The van der Waals surface area contributed by atoms with Crippen LogP contribution in [0.3, 0.4) is 0 Å². The Morgan fingerprint density at radius 3 is 2.72 bits per heavy atom. The highest BCUT2D eigenvalue weighted by Crippen LogP contribution is 2.29. The molecule has 1 atom stereocenters. The molecule has 3 rings (SSSR count). The maximum Gasteiger partial charge on any atom is 0.339 e. The molecule has 0 amide bonds. The molecule has 3 aromatic rings. The van der Waals surface area contributed by atoms with Gasteiger partial charge in [0.1, 0.15) is 5.69 Å². The molecular formula is C24H28BrN5O6. The van der Waals surface area contributed by atoms with Crippen LogP contribution >= 0.6 is 15.9 Å². The number of aryl methyl sites for hydroxylation is 2. The summed E-state index contributed by atoms with van der Waals surface area (Å²) in [6, 6.07) is 6.39. The number of aromatic nitrogens is 3. The van der Waals surface area contributed by atoms with Gasteiger partial charge in [0.2, 0.25) is 5.88 Å². The van der Waals surface area contributed by atoms with E-state index in [1.807, 2.05) is 0 Å². The van der Waals surface area contributed by atoms with Crippen LogP contribution in [0.25, 0.3) is 11.1 Å². The van der Waals surface area contributed by atoms with Gasteiger partial charge in [0.05, 0.1) is 41.5 Å². The van der Waals surface area contributed by atoms with Crippen molar-refractivity contribution >= 4 is 33.3 Å². The fraction of sp³-hybridized carbons (Fsp3) is 0.375. The molecule has 0 aliphatic heterocycles. The van der Waals surface area contributed by atoms with Crippen LogP contribution in [-0.4, -0.2) is 45.5 Å². The largest absolute Gasteiger partial charge is 0.477 e. The average molecular weight is 562 g/mol. The fourth-order valence-electron chi connectivity index (χ4n) is 3.71. The van der Waals surface area contributed by atoms with E-state index in [1.165, 1.54) is 40.9 Å². The van der Waals surface area contributed by atoms with E-state index in [9.17, 15) is 19.7 Å². The van der Waals surface area contributed by atoms with Crippen molar-refractivity contribution in [2.75, 3.05) is 25.6 Å². The molecular weight excluding hydrogens is 534 g/mol. The number of carbonyl (C=O) groups is 1. The van der Waals surface area contributed by atoms with Gasteiger partial charge >= 0.3 is 5.97 Å². The Hall–Kier alpha value is -3.67. The molecule has 2 heterocycles. The normalized spacial score (nSPS) is 11.7. The lowest BCUT2D eigenvalue weighted by Crippen LogP contribution is -2.20. The molecule has 0 aliphatic carbocycles. The Balaban J connectivity index is 1.61. The number of benzene rings is 1. The molecule has 0 fully saturated rings. The Bertz CT molecular complexity index is 1320. The summed E-state index contributed by atoms with van der Waals surface area (Å²) >= 11 is 3.26. The Labute approximate surface area is 216 Å². The quantitative estimate of drug-likeness (QED) is 0.160. The first kappa shape index (κ1) is 26.9. The van der Waals surface area contributed by atoms with Gasteiger partial charge in [-0.05, 0) is 37.0 Å². The number of hydrogen-bond acceptors (Lipinski definition) is 8. The second-order valence-electron chi connectivity index (χ2n) is 8.43. The predicted octanol–water partition coefficient (Wildman–Crippen LogP) is 4.15. The van der Waals surface area contributed by atoms with Crippen molar-refractivity contribution in [3.63, 3.8) is 0 Å². The Kier molecular flexibility index (Phi) is 8.86. The number of nitrogens with one attached hydrogen (secondary N) is 1. The maximum absolute atomic E-state index is 12.8. The highest BCUT2D eigenvalue weighted by Gasteiger charge is 2.19. The smallest absolute Gasteiger partial charge is 0.339 e. The van der Waals surface area contributed by atoms with Crippen LogP contribution in [0.1, 0.15) is 30.1 Å². The van der Waals surface area contributed by atoms with E-state index in [2.05, 4.69) is 33.3 Å². The monoisotopic (exact) mass is 561 g/mol. The first-order valence-corrected chi connectivity index (χ1v) is 12.0. The molecule has 0 spiro atoms. The molecule has 0 saturated heterocycles. The summed E-state index contributed by atoms with van der Waals surface area (Å²) in [5.74, 6) is 0.103. The first-order chi connectivity index (χ1) is 17.1. The summed E-state index contributed by atoms with van der Waals surface area (Å²) in [7, 11) is 4.56. The van der Waals surface area contributed by atoms with Crippen molar-refractivity contribution in [1.82, 2.24) is 14.3 Å². The van der Waals surface area contributed by atoms with Crippen molar-refractivity contribution in [1.29, 1.82) is 0 Å². The summed E-state index contributed by atoms with van der Waals surface area (Å²) in [6.07, 6.45) is 4.48. The molecule has 2 aromatic heterocycles. The number of anilines is 1. The number of rotatable bonds is 11. The topological polar surface area (TPSA) is 131 Å². The van der Waals surface area contributed by atoms with Crippen LogP contribution in [0, 0.1) is 16.0 Å². The number of pyridine rings is 1. The molecule has 0 unspecified atom stereocenters. The van der Waals surface area contributed by atoms with Gasteiger partial charge in [0, 0.05) is 37.4 Å². The summed E-state index contributed by atoms with van der Waals surface area (Å²) in [5, 5.41) is 18.7. The van der Waals surface area contributed by atoms with Crippen molar-refractivity contribution in [2.24, 2.45) is 20.0 Å². The van der Waals surface area contributed by atoms with Crippen LogP contribution in [0.15, 0.2) is 45.9 Å². The summed E-state index contributed by atoms with van der Waals surface area (Å²) < 4.78 is 14.3. The molecule has 0 bridgehead atoms. The number of esters is 1. The lowest BCUT2D eigenvalue weighted by Gasteiger charge is -2.15. The minimum atomic E-state index is -0.547. The lowest BCUT2D eigenvalue weighted by molar-refractivity contribution is -0.384. The summed E-state index contributed by atoms with van der Waals surface area (Å²) in [6.45, 7) is 3.00. The zero-order valence-electron chi connectivity index (χ0n) is 20.5. The zero-order chi connectivity index (χ0) is 26.4. The second kappa shape index (κ2) is 11.8. The van der Waals surface area contributed by atoms with Crippen LogP contribution in [0.5, 0.6) is 5.88 Å². The number of halogens is 1. The summed E-state index contributed by atoms with van der Waals surface area (Å²) in [4.78, 5) is 35.6. The molecule has 1 aromatic carbocycles. The molecule has 0 aliphatic rings. The average Bonchev–Trinajstić information content (AvgIpc) is 3.21. The molecule has 11 nitrogen and oxygen atoms in total. The van der Waals surface area contributed by atoms with E-state index >= 15 is 0 Å². The van der Waals surface area contributed by atoms with Gasteiger partial charge in [-0.25, -0.2) is 9.48 Å². The van der Waals surface area contributed by atoms with Crippen molar-refractivity contribution in [3.05, 3.63) is 67.2 Å². The van der Waals surface area contributed by atoms with Crippen LogP contribution in [-0.2, 0) is 18.8 Å². The second-order valence-corrected chi connectivity index (χ2v) is 9.35. The standard InChI is InChI=1S/C24H28BrN5O6/c1-15(12-26-20-8-7-17(25)11-21(20)30(33)34)6-5-9-36-23-19(13-27-29(23)3)18-10-16(24(32)35-4)14-28(2)22(18)31/h7-8,10-11,13-15,26H,5-6,9,12H2,1-4H3/t15-/m1/s1. The van der Waals surface area contributed by atoms with Crippen molar-refractivity contribution in [2.45, 2.75) is 19.8 Å². The Morgan fingerprint density at radius 2 is 2.03 bits per heavy atom. The van der Waals surface area contributed by atoms with E-state index in [1.54, 1.807) is 26.2 Å². The third kappa shape index (κ3) is 6.30. The predicted molar refractivity (Wildman–Crippen MR) is 138 cm³/mol. The van der Waals surface area contributed by atoms with Gasteiger partial charge in [-0.3, -0.25) is 14.9 Å². The van der Waals surface area contributed by atoms with E-state index in [0.29, 0.717) is 34.8 Å².